The lowest BCUT2D eigenvalue weighted by atomic mass is 9.80. The summed E-state index contributed by atoms with van der Waals surface area (Å²) in [5, 5.41) is 9.96. The van der Waals surface area contributed by atoms with Gasteiger partial charge >= 0.3 is 5.97 Å². The van der Waals surface area contributed by atoms with Gasteiger partial charge in [0.05, 0.1) is 16.0 Å². The molecule has 2 rings (SSSR count). The van der Waals surface area contributed by atoms with Gasteiger partial charge in [0.2, 0.25) is 0 Å². The molecule has 1 aliphatic rings. The van der Waals surface area contributed by atoms with E-state index in [0.717, 1.165) is 0 Å². The number of rotatable bonds is 2. The molecular weight excluding hydrogens is 301 g/mol. The van der Waals surface area contributed by atoms with Crippen LogP contribution in [-0.4, -0.2) is 35.0 Å². The van der Waals surface area contributed by atoms with E-state index in [1.54, 1.807) is 24.0 Å². The lowest BCUT2D eigenvalue weighted by Crippen LogP contribution is -2.45. The third-order valence-corrected chi connectivity index (χ3v) is 4.38. The Morgan fingerprint density at radius 1 is 1.25 bits per heavy atom. The highest BCUT2D eigenvalue weighted by molar-refractivity contribution is 6.36. The molecular formula is C14H15Cl2NO3. The summed E-state index contributed by atoms with van der Waals surface area (Å²) in [4.78, 5) is 25.2. The second kappa shape index (κ2) is 5.62. The van der Waals surface area contributed by atoms with Crippen molar-refractivity contribution in [3.63, 3.8) is 0 Å². The maximum absolute atomic E-state index is 12.4. The van der Waals surface area contributed by atoms with Gasteiger partial charge in [-0.1, -0.05) is 23.2 Å². The molecule has 108 valence electrons. The highest BCUT2D eigenvalue weighted by atomic mass is 35.5. The van der Waals surface area contributed by atoms with E-state index in [1.807, 2.05) is 0 Å². The molecule has 1 heterocycles. The molecule has 0 saturated carbocycles. The van der Waals surface area contributed by atoms with E-state index in [-0.39, 0.29) is 5.91 Å². The number of hydrogen-bond acceptors (Lipinski definition) is 2. The van der Waals surface area contributed by atoms with E-state index in [2.05, 4.69) is 0 Å². The predicted octanol–water partition coefficient (Wildman–Crippen LogP) is 3.32. The summed E-state index contributed by atoms with van der Waals surface area (Å²) in [6, 6.07) is 4.74. The zero-order valence-electron chi connectivity index (χ0n) is 11.0. The van der Waals surface area contributed by atoms with Gasteiger partial charge in [-0.3, -0.25) is 9.59 Å². The summed E-state index contributed by atoms with van der Waals surface area (Å²) in [6.45, 7) is 2.55. The summed E-state index contributed by atoms with van der Waals surface area (Å²) in [5.41, 5.74) is -0.351. The van der Waals surface area contributed by atoms with Crippen molar-refractivity contribution in [2.75, 3.05) is 13.1 Å². The van der Waals surface area contributed by atoms with E-state index < -0.39 is 11.4 Å². The van der Waals surface area contributed by atoms with Crippen LogP contribution < -0.4 is 0 Å². The van der Waals surface area contributed by atoms with Crippen LogP contribution in [0.1, 0.15) is 30.1 Å². The smallest absolute Gasteiger partial charge is 0.309 e. The third kappa shape index (κ3) is 2.91. The minimum Gasteiger partial charge on any atom is -0.481 e. The van der Waals surface area contributed by atoms with E-state index in [1.165, 1.54) is 6.07 Å². The van der Waals surface area contributed by atoms with Gasteiger partial charge < -0.3 is 10.0 Å². The zero-order valence-corrected chi connectivity index (χ0v) is 12.5. The lowest BCUT2D eigenvalue weighted by molar-refractivity contribution is -0.150. The number of piperidine rings is 1. The average molecular weight is 316 g/mol. The van der Waals surface area contributed by atoms with Crippen molar-refractivity contribution in [2.45, 2.75) is 19.8 Å². The molecule has 0 radical (unpaired) electrons. The van der Waals surface area contributed by atoms with Crippen molar-refractivity contribution < 1.29 is 14.7 Å². The van der Waals surface area contributed by atoms with Crippen LogP contribution in [0.15, 0.2) is 18.2 Å². The minimum atomic E-state index is -0.811. The predicted molar refractivity (Wildman–Crippen MR) is 77.3 cm³/mol. The number of halogens is 2. The summed E-state index contributed by atoms with van der Waals surface area (Å²) >= 11 is 11.8. The second-order valence-corrected chi connectivity index (χ2v) is 6.13. The Bertz CT molecular complexity index is 551. The first-order valence-electron chi connectivity index (χ1n) is 6.31. The Hall–Kier alpha value is -1.26. The van der Waals surface area contributed by atoms with Crippen molar-refractivity contribution in [2.24, 2.45) is 5.41 Å². The average Bonchev–Trinajstić information content (AvgIpc) is 2.38. The Morgan fingerprint density at radius 3 is 2.35 bits per heavy atom. The maximum atomic E-state index is 12.4. The maximum Gasteiger partial charge on any atom is 0.309 e. The van der Waals surface area contributed by atoms with Crippen molar-refractivity contribution >= 4 is 35.1 Å². The Kier molecular flexibility index (Phi) is 4.25. The largest absolute Gasteiger partial charge is 0.481 e. The van der Waals surface area contributed by atoms with Crippen LogP contribution in [0.2, 0.25) is 10.0 Å². The summed E-state index contributed by atoms with van der Waals surface area (Å²) in [5.74, 6) is -0.992. The van der Waals surface area contributed by atoms with Crippen LogP contribution >= 0.6 is 23.2 Å². The SMILES string of the molecule is CC1(C(=O)O)CCN(C(=O)c2ccc(Cl)cc2Cl)CC1. The first-order chi connectivity index (χ1) is 9.33. The van der Waals surface area contributed by atoms with Gasteiger partial charge in [-0.15, -0.1) is 0 Å². The van der Waals surface area contributed by atoms with Gasteiger partial charge in [-0.2, -0.15) is 0 Å². The number of nitrogens with zero attached hydrogens (tertiary/aromatic N) is 1. The van der Waals surface area contributed by atoms with Crippen LogP contribution in [0.25, 0.3) is 0 Å². The Morgan fingerprint density at radius 2 is 1.85 bits per heavy atom. The number of likely N-dealkylation sites (tertiary alicyclic amines) is 1. The van der Waals surface area contributed by atoms with Gasteiger partial charge in [-0.05, 0) is 38.0 Å². The van der Waals surface area contributed by atoms with Crippen molar-refractivity contribution in [3.8, 4) is 0 Å². The van der Waals surface area contributed by atoms with Crippen molar-refractivity contribution in [1.82, 2.24) is 4.90 Å². The van der Waals surface area contributed by atoms with Gasteiger partial charge in [0.25, 0.3) is 5.91 Å². The van der Waals surface area contributed by atoms with Gasteiger partial charge in [0.15, 0.2) is 0 Å². The van der Waals surface area contributed by atoms with Gasteiger partial charge in [0.1, 0.15) is 0 Å². The molecule has 0 aromatic heterocycles. The number of hydrogen-bond donors (Lipinski definition) is 1. The molecule has 6 heteroatoms. The van der Waals surface area contributed by atoms with E-state index in [4.69, 9.17) is 23.2 Å². The molecule has 4 nitrogen and oxygen atoms in total. The normalized spacial score (nSPS) is 17.9. The molecule has 0 atom stereocenters. The molecule has 0 spiro atoms. The van der Waals surface area contributed by atoms with Crippen molar-refractivity contribution in [1.29, 1.82) is 0 Å². The molecule has 1 aliphatic heterocycles. The number of carbonyl (C=O) groups is 2. The summed E-state index contributed by atoms with van der Waals surface area (Å²) in [7, 11) is 0. The lowest BCUT2D eigenvalue weighted by Gasteiger charge is -2.36. The van der Waals surface area contributed by atoms with Crippen LogP contribution in [-0.2, 0) is 4.79 Å². The molecule has 1 aromatic carbocycles. The second-order valence-electron chi connectivity index (χ2n) is 5.28. The van der Waals surface area contributed by atoms with Gasteiger partial charge in [0, 0.05) is 18.1 Å². The Labute approximate surface area is 127 Å². The summed E-state index contributed by atoms with van der Waals surface area (Å²) in [6.07, 6.45) is 0.887. The molecule has 20 heavy (non-hydrogen) atoms. The molecule has 1 fully saturated rings. The topological polar surface area (TPSA) is 57.6 Å². The number of benzene rings is 1. The molecule has 0 bridgehead atoms. The van der Waals surface area contributed by atoms with Gasteiger partial charge in [-0.25, -0.2) is 0 Å². The Balaban J connectivity index is 2.11. The highest BCUT2D eigenvalue weighted by Gasteiger charge is 2.38. The number of amides is 1. The molecule has 0 aliphatic carbocycles. The first kappa shape index (κ1) is 15.1. The third-order valence-electron chi connectivity index (χ3n) is 3.83. The standard InChI is InChI=1S/C14H15Cl2NO3/c1-14(13(19)20)4-6-17(7-5-14)12(18)10-3-2-9(15)8-11(10)16/h2-3,8H,4-7H2,1H3,(H,19,20). The van der Waals surface area contributed by atoms with Crippen LogP contribution in [0.4, 0.5) is 0 Å². The summed E-state index contributed by atoms with van der Waals surface area (Å²) < 4.78 is 0. The fraction of sp³-hybridized carbons (Fsp3) is 0.429. The van der Waals surface area contributed by atoms with Crippen LogP contribution in [0, 0.1) is 5.41 Å². The first-order valence-corrected chi connectivity index (χ1v) is 7.07. The molecule has 1 N–H and O–H groups in total. The fourth-order valence-corrected chi connectivity index (χ4v) is 2.74. The van der Waals surface area contributed by atoms with Crippen LogP contribution in [0.5, 0.6) is 0 Å². The minimum absolute atomic E-state index is 0.181. The van der Waals surface area contributed by atoms with Crippen molar-refractivity contribution in [3.05, 3.63) is 33.8 Å². The molecule has 1 saturated heterocycles. The number of carboxylic acids is 1. The van der Waals surface area contributed by atoms with Crippen LogP contribution in [0.3, 0.4) is 0 Å². The van der Waals surface area contributed by atoms with E-state index in [0.29, 0.717) is 41.5 Å². The quantitative estimate of drug-likeness (QED) is 0.910. The molecule has 0 unspecified atom stereocenters. The molecule has 1 amide bonds. The number of carboxylic acid groups (broad SMARTS) is 1. The fourth-order valence-electron chi connectivity index (χ4n) is 2.25. The number of carbonyl (C=O) groups excluding carboxylic acids is 1. The van der Waals surface area contributed by atoms with E-state index in [9.17, 15) is 14.7 Å². The van der Waals surface area contributed by atoms with E-state index >= 15 is 0 Å². The zero-order chi connectivity index (χ0) is 14.9. The molecule has 1 aromatic rings. The number of aliphatic carboxylic acids is 1. The monoisotopic (exact) mass is 315 g/mol. The highest BCUT2D eigenvalue weighted by Crippen LogP contribution is 2.32.